The van der Waals surface area contributed by atoms with Gasteiger partial charge in [0.2, 0.25) is 0 Å². The minimum Gasteiger partial charge on any atom is -0.463 e. The number of hydrogen-bond donors (Lipinski definition) is 2. The van der Waals surface area contributed by atoms with Gasteiger partial charge in [0.25, 0.3) is 0 Å². The zero-order chi connectivity index (χ0) is 22.0. The predicted octanol–water partition coefficient (Wildman–Crippen LogP) is 0.790. The lowest BCUT2D eigenvalue weighted by atomic mass is 10.1. The molecule has 0 radical (unpaired) electrons. The third-order valence-corrected chi connectivity index (χ3v) is 5.00. The van der Waals surface area contributed by atoms with Gasteiger partial charge in [-0.05, 0) is 5.92 Å². The molecule has 11 heteroatoms. The molecule has 1 unspecified atom stereocenters. The molecule has 1 fully saturated rings. The van der Waals surface area contributed by atoms with Gasteiger partial charge in [0.1, 0.15) is 42.9 Å². The number of imidazole rings is 1. The molecule has 2 aromatic rings. The van der Waals surface area contributed by atoms with Crippen molar-refractivity contribution in [3.63, 3.8) is 0 Å². The van der Waals surface area contributed by atoms with E-state index in [-0.39, 0.29) is 30.2 Å². The Morgan fingerprint density at radius 1 is 1.23 bits per heavy atom. The van der Waals surface area contributed by atoms with Gasteiger partial charge in [0.15, 0.2) is 11.5 Å². The molecule has 164 valence electrons. The van der Waals surface area contributed by atoms with Crippen LogP contribution in [0.5, 0.6) is 0 Å². The summed E-state index contributed by atoms with van der Waals surface area (Å²) in [6.45, 7) is 7.10. The van der Waals surface area contributed by atoms with Crippen LogP contribution in [0.4, 0.5) is 5.82 Å². The van der Waals surface area contributed by atoms with E-state index in [1.54, 1.807) is 24.7 Å². The summed E-state index contributed by atoms with van der Waals surface area (Å²) in [6.07, 6.45) is 1.35. The Bertz CT molecular complexity index is 914. The number of nitrogen functional groups attached to an aromatic ring is 1. The van der Waals surface area contributed by atoms with Crippen molar-refractivity contribution in [2.45, 2.75) is 58.6 Å². The van der Waals surface area contributed by atoms with Crippen LogP contribution in [0.2, 0.25) is 0 Å². The van der Waals surface area contributed by atoms with Gasteiger partial charge in [0, 0.05) is 6.42 Å². The van der Waals surface area contributed by atoms with E-state index in [9.17, 15) is 9.59 Å². The second-order valence-electron chi connectivity index (χ2n) is 7.98. The maximum atomic E-state index is 12.4. The number of anilines is 1. The first-order valence-corrected chi connectivity index (χ1v) is 9.90. The lowest BCUT2D eigenvalue weighted by molar-refractivity contribution is -0.161. The lowest BCUT2D eigenvalue weighted by Crippen LogP contribution is -2.41. The molecule has 0 aliphatic carbocycles. The number of carbonyl (C=O) groups is 2. The highest BCUT2D eigenvalue weighted by atomic mass is 16.6. The number of nitrogens with zero attached hydrogens (tertiary/aromatic N) is 4. The molecule has 11 nitrogen and oxygen atoms in total. The molecule has 30 heavy (non-hydrogen) atoms. The fourth-order valence-corrected chi connectivity index (χ4v) is 3.06. The molecule has 2 aromatic heterocycles. The Morgan fingerprint density at radius 3 is 2.63 bits per heavy atom. The van der Waals surface area contributed by atoms with Crippen molar-refractivity contribution in [3.8, 4) is 0 Å². The number of esters is 2. The first-order chi connectivity index (χ1) is 14.2. The van der Waals surface area contributed by atoms with Crippen LogP contribution in [0.25, 0.3) is 11.2 Å². The quantitative estimate of drug-likeness (QED) is 0.613. The van der Waals surface area contributed by atoms with Gasteiger partial charge in [-0.15, -0.1) is 0 Å². The number of nitrogens with two attached hydrogens (primary N) is 2. The first kappa shape index (κ1) is 21.9. The molecule has 0 amide bonds. The fourth-order valence-electron chi connectivity index (χ4n) is 3.06. The molecule has 0 aromatic carbocycles. The first-order valence-electron chi connectivity index (χ1n) is 9.90. The van der Waals surface area contributed by atoms with Crippen LogP contribution in [0, 0.1) is 11.8 Å². The summed E-state index contributed by atoms with van der Waals surface area (Å²) in [6, 6.07) is -0.760. The van der Waals surface area contributed by atoms with Crippen LogP contribution in [-0.2, 0) is 23.8 Å². The molecular weight excluding hydrogens is 392 g/mol. The second kappa shape index (κ2) is 8.92. The van der Waals surface area contributed by atoms with Gasteiger partial charge in [0.05, 0.1) is 12.2 Å². The summed E-state index contributed by atoms with van der Waals surface area (Å²) in [5.74, 6) is -0.994. The molecule has 3 rings (SSSR count). The van der Waals surface area contributed by atoms with Crippen LogP contribution in [0.3, 0.4) is 0 Å². The molecule has 0 saturated carbocycles. The Kier molecular flexibility index (Phi) is 6.52. The van der Waals surface area contributed by atoms with Crippen LogP contribution < -0.4 is 11.5 Å². The number of aromatic nitrogens is 4. The Balaban J connectivity index is 1.80. The summed E-state index contributed by atoms with van der Waals surface area (Å²) >= 11 is 0. The van der Waals surface area contributed by atoms with E-state index >= 15 is 0 Å². The van der Waals surface area contributed by atoms with E-state index in [4.69, 9.17) is 25.7 Å². The molecule has 3 heterocycles. The van der Waals surface area contributed by atoms with Crippen LogP contribution in [-0.4, -0.2) is 56.3 Å². The number of fused-ring (bicyclic) bond motifs is 1. The summed E-state index contributed by atoms with van der Waals surface area (Å²) < 4.78 is 18.7. The second-order valence-corrected chi connectivity index (χ2v) is 7.98. The molecule has 1 saturated heterocycles. The van der Waals surface area contributed by atoms with E-state index in [0.717, 1.165) is 0 Å². The van der Waals surface area contributed by atoms with Crippen molar-refractivity contribution in [1.82, 2.24) is 19.5 Å². The number of carbonyl (C=O) groups excluding carboxylic acids is 2. The van der Waals surface area contributed by atoms with Gasteiger partial charge >= 0.3 is 11.9 Å². The van der Waals surface area contributed by atoms with Gasteiger partial charge in [-0.2, -0.15) is 0 Å². The third-order valence-electron chi connectivity index (χ3n) is 5.00. The van der Waals surface area contributed by atoms with Crippen LogP contribution in [0.15, 0.2) is 12.7 Å². The molecule has 0 bridgehead atoms. The van der Waals surface area contributed by atoms with E-state index in [1.165, 1.54) is 6.33 Å². The van der Waals surface area contributed by atoms with Gasteiger partial charge in [-0.25, -0.2) is 15.0 Å². The minimum atomic E-state index is -0.760. The standard InChI is InChI=1S/C19H28N6O5/c1-9(2)14(20)19(27)30-11-5-13(29-12(11)6-28-18(26)10(3)4)25-8-24-15-16(21)22-7-23-17(15)25/h7-14H,5-6,20H2,1-4H3,(H2,21,22,23)/t11?,12-,13-,14+/m1/s1. The SMILES string of the molecule is CC(C)C(=O)OC[C@H]1O[C@@H](n2cnc3c(N)ncnc32)CC1OC(=O)[C@@H](N)C(C)C. The maximum absolute atomic E-state index is 12.4. The fraction of sp³-hybridized carbons (Fsp3) is 0.632. The molecule has 1 aliphatic rings. The van der Waals surface area contributed by atoms with Gasteiger partial charge in [-0.3, -0.25) is 14.2 Å². The van der Waals surface area contributed by atoms with Crippen molar-refractivity contribution >= 4 is 28.9 Å². The maximum Gasteiger partial charge on any atom is 0.323 e. The predicted molar refractivity (Wildman–Crippen MR) is 107 cm³/mol. The average molecular weight is 420 g/mol. The van der Waals surface area contributed by atoms with Crippen molar-refractivity contribution in [2.24, 2.45) is 17.6 Å². The average Bonchev–Trinajstić information content (AvgIpc) is 3.29. The zero-order valence-corrected chi connectivity index (χ0v) is 17.5. The number of hydrogen-bond acceptors (Lipinski definition) is 10. The highest BCUT2D eigenvalue weighted by Crippen LogP contribution is 2.33. The van der Waals surface area contributed by atoms with Crippen molar-refractivity contribution in [1.29, 1.82) is 0 Å². The van der Waals surface area contributed by atoms with Crippen molar-refractivity contribution in [2.75, 3.05) is 12.3 Å². The highest BCUT2D eigenvalue weighted by molar-refractivity contribution is 5.81. The lowest BCUT2D eigenvalue weighted by Gasteiger charge is -2.22. The van der Waals surface area contributed by atoms with Crippen LogP contribution in [0.1, 0.15) is 40.3 Å². The highest BCUT2D eigenvalue weighted by Gasteiger charge is 2.41. The summed E-state index contributed by atoms with van der Waals surface area (Å²) in [5, 5.41) is 0. The largest absolute Gasteiger partial charge is 0.463 e. The summed E-state index contributed by atoms with van der Waals surface area (Å²) in [5.41, 5.74) is 12.7. The van der Waals surface area contributed by atoms with Crippen molar-refractivity contribution < 1.29 is 23.8 Å². The Hall–Kier alpha value is -2.79. The molecule has 4 N–H and O–H groups in total. The third kappa shape index (κ3) is 4.51. The smallest absolute Gasteiger partial charge is 0.323 e. The van der Waals surface area contributed by atoms with Gasteiger partial charge in [-0.1, -0.05) is 27.7 Å². The topological polar surface area (TPSA) is 157 Å². The van der Waals surface area contributed by atoms with E-state index in [1.807, 2.05) is 13.8 Å². The van der Waals surface area contributed by atoms with Gasteiger partial charge < -0.3 is 25.7 Å². The van der Waals surface area contributed by atoms with E-state index in [2.05, 4.69) is 15.0 Å². The molecule has 1 aliphatic heterocycles. The molecule has 0 spiro atoms. The zero-order valence-electron chi connectivity index (χ0n) is 17.5. The van der Waals surface area contributed by atoms with E-state index in [0.29, 0.717) is 17.6 Å². The van der Waals surface area contributed by atoms with Crippen molar-refractivity contribution in [3.05, 3.63) is 12.7 Å². The van der Waals surface area contributed by atoms with Crippen LogP contribution >= 0.6 is 0 Å². The summed E-state index contributed by atoms with van der Waals surface area (Å²) in [7, 11) is 0. The molecular formula is C19H28N6O5. The monoisotopic (exact) mass is 420 g/mol. The number of rotatable bonds is 7. The number of ether oxygens (including phenoxy) is 3. The molecule has 4 atom stereocenters. The Morgan fingerprint density at radius 2 is 1.97 bits per heavy atom. The normalized spacial score (nSPS) is 22.6. The minimum absolute atomic E-state index is 0.0495. The Labute approximate surface area is 174 Å². The van der Waals surface area contributed by atoms with E-state index < -0.39 is 30.4 Å². The summed E-state index contributed by atoms with van der Waals surface area (Å²) in [4.78, 5) is 36.7.